The first-order valence-electron chi connectivity index (χ1n) is 8.41. The van der Waals surface area contributed by atoms with Gasteiger partial charge in [0.15, 0.2) is 0 Å². The number of carboxylic acid groups (broad SMARTS) is 1. The number of carboxylic acids is 1. The summed E-state index contributed by atoms with van der Waals surface area (Å²) in [6.45, 7) is 2.61. The number of aliphatic carboxylic acids is 1. The molecule has 1 aliphatic heterocycles. The standard InChI is InChI=1S/C18H24O4S/c1-2-21-13-5-6-15-14(11-13)16(23-10-7-17(19)20)12-18(22-15)8-3-4-9-18/h5-6,11,16H,2-4,7-10,12H2,1H3,(H,19,20)/t16-/m0/s1. The van der Waals surface area contributed by atoms with Crippen molar-refractivity contribution in [1.82, 2.24) is 0 Å². The first kappa shape index (κ1) is 16.5. The molecule has 0 saturated heterocycles. The van der Waals surface area contributed by atoms with Gasteiger partial charge in [-0.25, -0.2) is 0 Å². The molecule has 126 valence electrons. The fourth-order valence-electron chi connectivity index (χ4n) is 3.61. The van der Waals surface area contributed by atoms with E-state index in [1.165, 1.54) is 12.8 Å². The second-order valence-electron chi connectivity index (χ2n) is 6.33. The average Bonchev–Trinajstić information content (AvgIpc) is 2.95. The molecule has 4 nitrogen and oxygen atoms in total. The molecule has 5 heteroatoms. The molecule has 2 aliphatic rings. The van der Waals surface area contributed by atoms with Crippen molar-refractivity contribution in [2.75, 3.05) is 12.4 Å². The van der Waals surface area contributed by atoms with Crippen molar-refractivity contribution in [3.05, 3.63) is 23.8 Å². The van der Waals surface area contributed by atoms with Crippen LogP contribution in [0.5, 0.6) is 11.5 Å². The zero-order valence-electron chi connectivity index (χ0n) is 13.5. The predicted octanol–water partition coefficient (Wildman–Crippen LogP) is 4.43. The Bertz CT molecular complexity index is 566. The topological polar surface area (TPSA) is 55.8 Å². The number of ether oxygens (including phenoxy) is 2. The molecule has 1 saturated carbocycles. The van der Waals surface area contributed by atoms with Crippen LogP contribution in [0.2, 0.25) is 0 Å². The predicted molar refractivity (Wildman–Crippen MR) is 91.5 cm³/mol. The van der Waals surface area contributed by atoms with Crippen molar-refractivity contribution in [2.45, 2.75) is 56.3 Å². The van der Waals surface area contributed by atoms with Crippen molar-refractivity contribution in [3.8, 4) is 11.5 Å². The lowest BCUT2D eigenvalue weighted by Gasteiger charge is -2.40. The fourth-order valence-corrected chi connectivity index (χ4v) is 4.98. The van der Waals surface area contributed by atoms with Gasteiger partial charge in [0.05, 0.1) is 13.0 Å². The Morgan fingerprint density at radius 3 is 2.91 bits per heavy atom. The minimum atomic E-state index is -0.733. The van der Waals surface area contributed by atoms with E-state index in [4.69, 9.17) is 14.6 Å². The van der Waals surface area contributed by atoms with E-state index in [0.717, 1.165) is 36.3 Å². The molecule has 1 atom stereocenters. The van der Waals surface area contributed by atoms with Crippen LogP contribution < -0.4 is 9.47 Å². The van der Waals surface area contributed by atoms with E-state index in [1.807, 2.05) is 19.1 Å². The number of fused-ring (bicyclic) bond motifs is 1. The summed E-state index contributed by atoms with van der Waals surface area (Å²) in [6, 6.07) is 6.05. The minimum Gasteiger partial charge on any atom is -0.494 e. The normalized spacial score (nSPS) is 21.7. The fraction of sp³-hybridized carbons (Fsp3) is 0.611. The van der Waals surface area contributed by atoms with Crippen molar-refractivity contribution in [1.29, 1.82) is 0 Å². The van der Waals surface area contributed by atoms with Gasteiger partial charge in [0.25, 0.3) is 0 Å². The maximum absolute atomic E-state index is 10.8. The number of benzene rings is 1. The Morgan fingerprint density at radius 1 is 1.43 bits per heavy atom. The van der Waals surface area contributed by atoms with Crippen LogP contribution in [0.4, 0.5) is 0 Å². The zero-order valence-corrected chi connectivity index (χ0v) is 14.4. The second-order valence-corrected chi connectivity index (χ2v) is 7.64. The molecule has 1 aromatic rings. The average molecular weight is 336 g/mol. The van der Waals surface area contributed by atoms with Crippen molar-refractivity contribution >= 4 is 17.7 Å². The van der Waals surface area contributed by atoms with E-state index < -0.39 is 5.97 Å². The molecular weight excluding hydrogens is 312 g/mol. The third-order valence-electron chi connectivity index (χ3n) is 4.67. The summed E-state index contributed by atoms with van der Waals surface area (Å²) in [5.74, 6) is 1.72. The zero-order chi connectivity index (χ0) is 16.3. The lowest BCUT2D eigenvalue weighted by atomic mass is 9.89. The molecule has 1 heterocycles. The molecular formula is C18H24O4S. The second kappa shape index (κ2) is 7.04. The Hall–Kier alpha value is -1.36. The molecule has 0 radical (unpaired) electrons. The molecule has 23 heavy (non-hydrogen) atoms. The van der Waals surface area contributed by atoms with Gasteiger partial charge in [-0.2, -0.15) is 11.8 Å². The molecule has 1 spiro atoms. The lowest BCUT2D eigenvalue weighted by molar-refractivity contribution is -0.136. The SMILES string of the molecule is CCOc1ccc2c(c1)[C@@H](SCCC(=O)O)CC1(CCCC1)O2. The van der Waals surface area contributed by atoms with E-state index in [0.29, 0.717) is 12.4 Å². The lowest BCUT2D eigenvalue weighted by Crippen LogP contribution is -2.37. The Morgan fingerprint density at radius 2 is 2.22 bits per heavy atom. The van der Waals surface area contributed by atoms with E-state index in [9.17, 15) is 4.79 Å². The highest BCUT2D eigenvalue weighted by atomic mass is 32.2. The van der Waals surface area contributed by atoms with Crippen molar-refractivity contribution < 1.29 is 19.4 Å². The number of carbonyl (C=O) groups is 1. The van der Waals surface area contributed by atoms with Crippen LogP contribution in [0.15, 0.2) is 18.2 Å². The highest BCUT2D eigenvalue weighted by Gasteiger charge is 2.43. The molecule has 1 N–H and O–H groups in total. The van der Waals surface area contributed by atoms with Crippen LogP contribution in [-0.2, 0) is 4.79 Å². The summed E-state index contributed by atoms with van der Waals surface area (Å²) in [4.78, 5) is 10.8. The molecule has 0 aromatic heterocycles. The summed E-state index contributed by atoms with van der Waals surface area (Å²) < 4.78 is 12.0. The van der Waals surface area contributed by atoms with Gasteiger partial charge in [0, 0.05) is 23.0 Å². The van der Waals surface area contributed by atoms with Gasteiger partial charge < -0.3 is 14.6 Å². The molecule has 0 bridgehead atoms. The molecule has 1 aliphatic carbocycles. The van der Waals surface area contributed by atoms with E-state index in [1.54, 1.807) is 11.8 Å². The monoisotopic (exact) mass is 336 g/mol. The van der Waals surface area contributed by atoms with Gasteiger partial charge in [-0.05, 0) is 50.8 Å². The van der Waals surface area contributed by atoms with Crippen LogP contribution in [0.1, 0.15) is 56.3 Å². The largest absolute Gasteiger partial charge is 0.494 e. The van der Waals surface area contributed by atoms with Crippen molar-refractivity contribution in [2.24, 2.45) is 0 Å². The molecule has 1 aromatic carbocycles. The molecule has 1 fully saturated rings. The van der Waals surface area contributed by atoms with Gasteiger partial charge >= 0.3 is 5.97 Å². The van der Waals surface area contributed by atoms with E-state index >= 15 is 0 Å². The third-order valence-corrected chi connectivity index (χ3v) is 5.94. The Labute approximate surface area is 141 Å². The smallest absolute Gasteiger partial charge is 0.304 e. The van der Waals surface area contributed by atoms with Crippen LogP contribution in [0, 0.1) is 0 Å². The maximum atomic E-state index is 10.8. The number of thioether (sulfide) groups is 1. The maximum Gasteiger partial charge on any atom is 0.304 e. The molecule has 0 amide bonds. The van der Waals surface area contributed by atoms with Gasteiger partial charge in [-0.1, -0.05) is 0 Å². The van der Waals surface area contributed by atoms with Gasteiger partial charge in [-0.15, -0.1) is 0 Å². The van der Waals surface area contributed by atoms with Crippen LogP contribution in [0.3, 0.4) is 0 Å². The van der Waals surface area contributed by atoms with Gasteiger partial charge in [-0.3, -0.25) is 4.79 Å². The van der Waals surface area contributed by atoms with E-state index in [-0.39, 0.29) is 17.3 Å². The first-order valence-corrected chi connectivity index (χ1v) is 9.46. The minimum absolute atomic E-state index is 0.0407. The first-order chi connectivity index (χ1) is 11.1. The third kappa shape index (κ3) is 3.77. The summed E-state index contributed by atoms with van der Waals surface area (Å²) in [7, 11) is 0. The molecule has 0 unspecified atom stereocenters. The number of hydrogen-bond donors (Lipinski definition) is 1. The quantitative estimate of drug-likeness (QED) is 0.833. The summed E-state index contributed by atoms with van der Waals surface area (Å²) >= 11 is 1.74. The molecule has 3 rings (SSSR count). The van der Waals surface area contributed by atoms with E-state index in [2.05, 4.69) is 6.07 Å². The highest BCUT2D eigenvalue weighted by Crippen LogP contribution is 2.52. The Balaban J connectivity index is 1.83. The highest BCUT2D eigenvalue weighted by molar-refractivity contribution is 7.99. The van der Waals surface area contributed by atoms with Gasteiger partial charge in [0.2, 0.25) is 0 Å². The summed E-state index contributed by atoms with van der Waals surface area (Å²) in [5.41, 5.74) is 1.12. The van der Waals surface area contributed by atoms with Crippen LogP contribution >= 0.6 is 11.8 Å². The summed E-state index contributed by atoms with van der Waals surface area (Å²) in [6.07, 6.45) is 5.83. The van der Waals surface area contributed by atoms with Gasteiger partial charge in [0.1, 0.15) is 17.1 Å². The van der Waals surface area contributed by atoms with Crippen molar-refractivity contribution in [3.63, 3.8) is 0 Å². The number of rotatable bonds is 6. The summed E-state index contributed by atoms with van der Waals surface area (Å²) in [5, 5.41) is 9.19. The van der Waals surface area contributed by atoms with Crippen LogP contribution in [0.25, 0.3) is 0 Å². The Kier molecular flexibility index (Phi) is 5.05. The van der Waals surface area contributed by atoms with Crippen LogP contribution in [-0.4, -0.2) is 29.0 Å². The number of hydrogen-bond acceptors (Lipinski definition) is 4.